The predicted octanol–water partition coefficient (Wildman–Crippen LogP) is 5.53. The van der Waals surface area contributed by atoms with Gasteiger partial charge in [-0.1, -0.05) is 62.4 Å². The Morgan fingerprint density at radius 3 is 2.30 bits per heavy atom. The Morgan fingerprint density at radius 2 is 1.59 bits per heavy atom. The molecule has 3 aromatic carbocycles. The van der Waals surface area contributed by atoms with E-state index in [9.17, 15) is 4.79 Å². The van der Waals surface area contributed by atoms with Gasteiger partial charge in [0.15, 0.2) is 0 Å². The smallest absolute Gasteiger partial charge is 0.254 e. The molecule has 0 unspecified atom stereocenters. The predicted molar refractivity (Wildman–Crippen MR) is 152 cm³/mol. The minimum Gasteiger partial charge on any atom is -0.354 e. The fourth-order valence-electron chi connectivity index (χ4n) is 5.30. The van der Waals surface area contributed by atoms with Gasteiger partial charge in [-0.2, -0.15) is 5.10 Å². The summed E-state index contributed by atoms with van der Waals surface area (Å²) in [6.45, 7) is 12.7. The van der Waals surface area contributed by atoms with E-state index in [1.54, 1.807) is 0 Å². The van der Waals surface area contributed by atoms with Gasteiger partial charge < -0.3 is 14.7 Å². The van der Waals surface area contributed by atoms with Crippen LogP contribution in [0.5, 0.6) is 0 Å². The number of carbonyl (C=O) groups excluding carboxylic acids is 1. The van der Waals surface area contributed by atoms with E-state index in [2.05, 4.69) is 71.7 Å². The number of aryl methyl sites for hydroxylation is 1. The third-order valence-corrected chi connectivity index (χ3v) is 7.40. The number of fused-ring (bicyclic) bond motifs is 1. The number of nitrogens with zero attached hydrogens (tertiary/aromatic N) is 5. The summed E-state index contributed by atoms with van der Waals surface area (Å²) in [5, 5.41) is 7.24. The zero-order chi connectivity index (χ0) is 25.8. The van der Waals surface area contributed by atoms with Crippen molar-refractivity contribution in [2.75, 3.05) is 44.2 Å². The first-order valence-electron chi connectivity index (χ1n) is 13.5. The lowest BCUT2D eigenvalue weighted by atomic mass is 10.1. The van der Waals surface area contributed by atoms with E-state index < -0.39 is 0 Å². The molecule has 37 heavy (non-hydrogen) atoms. The number of para-hydroxylation sites is 1. The van der Waals surface area contributed by atoms with Crippen LogP contribution >= 0.6 is 0 Å². The van der Waals surface area contributed by atoms with Crippen LogP contribution in [-0.2, 0) is 6.54 Å². The van der Waals surface area contributed by atoms with Crippen molar-refractivity contribution in [1.29, 1.82) is 0 Å². The van der Waals surface area contributed by atoms with Gasteiger partial charge in [0.25, 0.3) is 5.91 Å². The summed E-state index contributed by atoms with van der Waals surface area (Å²) in [6, 6.07) is 24.6. The van der Waals surface area contributed by atoms with Crippen molar-refractivity contribution in [2.45, 2.75) is 33.7 Å². The van der Waals surface area contributed by atoms with Gasteiger partial charge in [0.2, 0.25) is 0 Å². The molecule has 1 saturated heterocycles. The second-order valence-corrected chi connectivity index (χ2v) is 9.84. The molecule has 1 fully saturated rings. The normalized spacial score (nSPS) is 14.3. The first-order chi connectivity index (χ1) is 18.1. The van der Waals surface area contributed by atoms with Crippen LogP contribution < -0.4 is 4.90 Å². The van der Waals surface area contributed by atoms with Gasteiger partial charge in [-0.15, -0.1) is 0 Å². The average Bonchev–Trinajstić information content (AvgIpc) is 3.28. The summed E-state index contributed by atoms with van der Waals surface area (Å²) in [6.07, 6.45) is 0.899. The Hall–Kier alpha value is -3.64. The molecular formula is C31H37N5O. The molecule has 0 N–H and O–H groups in total. The number of rotatable bonds is 8. The van der Waals surface area contributed by atoms with E-state index in [0.717, 1.165) is 78.2 Å². The molecule has 6 nitrogen and oxygen atoms in total. The summed E-state index contributed by atoms with van der Waals surface area (Å²) in [5.41, 5.74) is 3.90. The van der Waals surface area contributed by atoms with Crippen LogP contribution in [0.2, 0.25) is 0 Å². The Labute approximate surface area is 220 Å². The van der Waals surface area contributed by atoms with Gasteiger partial charge in [0.1, 0.15) is 5.82 Å². The van der Waals surface area contributed by atoms with E-state index in [1.165, 1.54) is 0 Å². The van der Waals surface area contributed by atoms with Crippen molar-refractivity contribution in [2.24, 2.45) is 0 Å². The third kappa shape index (κ3) is 5.25. The van der Waals surface area contributed by atoms with Crippen molar-refractivity contribution in [1.82, 2.24) is 19.6 Å². The quantitative estimate of drug-likeness (QED) is 0.323. The number of amides is 1. The zero-order valence-corrected chi connectivity index (χ0v) is 22.2. The van der Waals surface area contributed by atoms with Crippen molar-refractivity contribution in [3.05, 3.63) is 89.6 Å². The second-order valence-electron chi connectivity index (χ2n) is 9.84. The molecule has 0 radical (unpaired) electrons. The summed E-state index contributed by atoms with van der Waals surface area (Å²) in [7, 11) is 0. The Balaban J connectivity index is 1.51. The van der Waals surface area contributed by atoms with E-state index >= 15 is 0 Å². The van der Waals surface area contributed by atoms with Crippen LogP contribution in [-0.4, -0.2) is 64.8 Å². The third-order valence-electron chi connectivity index (χ3n) is 7.40. The maximum Gasteiger partial charge on any atom is 0.254 e. The van der Waals surface area contributed by atoms with Gasteiger partial charge in [-0.3, -0.25) is 4.79 Å². The molecule has 2 heterocycles. The van der Waals surface area contributed by atoms with Crippen LogP contribution in [0.1, 0.15) is 41.9 Å². The highest BCUT2D eigenvalue weighted by Crippen LogP contribution is 2.30. The zero-order valence-electron chi connectivity index (χ0n) is 22.2. The summed E-state index contributed by atoms with van der Waals surface area (Å²) >= 11 is 0. The number of benzene rings is 3. The molecule has 1 amide bonds. The highest BCUT2D eigenvalue weighted by molar-refractivity contribution is 5.98. The molecule has 1 aromatic heterocycles. The minimum absolute atomic E-state index is 0.0706. The van der Waals surface area contributed by atoms with Crippen LogP contribution in [0.25, 0.3) is 16.5 Å². The van der Waals surface area contributed by atoms with Gasteiger partial charge in [-0.25, -0.2) is 4.68 Å². The van der Waals surface area contributed by atoms with Gasteiger partial charge in [0.05, 0.1) is 17.9 Å². The first-order valence-corrected chi connectivity index (χ1v) is 13.5. The molecule has 0 bridgehead atoms. The molecule has 0 atom stereocenters. The monoisotopic (exact) mass is 495 g/mol. The summed E-state index contributed by atoms with van der Waals surface area (Å²) in [4.78, 5) is 20.8. The minimum atomic E-state index is 0.0706. The second kappa shape index (κ2) is 11.2. The van der Waals surface area contributed by atoms with E-state index in [0.29, 0.717) is 13.1 Å². The van der Waals surface area contributed by atoms with E-state index in [1.807, 2.05) is 41.3 Å². The Morgan fingerprint density at radius 1 is 0.892 bits per heavy atom. The molecule has 0 saturated carbocycles. The Bertz CT molecular complexity index is 1350. The standard InChI is InChI=1S/C31H37N5O/c1-4-17-35(31(37)27-16-15-25-11-9-10-12-26(25)22-27)23-29-24(3)32-36(28-13-7-6-8-14-28)30(29)34-20-18-33(5-2)19-21-34/h6-16,22H,4-5,17-21,23H2,1-3H3. The lowest BCUT2D eigenvalue weighted by Crippen LogP contribution is -2.47. The van der Waals surface area contributed by atoms with Gasteiger partial charge in [0, 0.05) is 43.9 Å². The van der Waals surface area contributed by atoms with Crippen LogP contribution in [0.3, 0.4) is 0 Å². The van der Waals surface area contributed by atoms with Gasteiger partial charge >= 0.3 is 0 Å². The number of hydrogen-bond donors (Lipinski definition) is 0. The van der Waals surface area contributed by atoms with Crippen molar-refractivity contribution in [3.63, 3.8) is 0 Å². The first kappa shape index (κ1) is 25.0. The molecule has 4 aromatic rings. The fraction of sp³-hybridized carbons (Fsp3) is 0.355. The molecular weight excluding hydrogens is 458 g/mol. The highest BCUT2D eigenvalue weighted by atomic mass is 16.2. The molecule has 1 aliphatic rings. The fourth-order valence-corrected chi connectivity index (χ4v) is 5.30. The van der Waals surface area contributed by atoms with Crippen molar-refractivity contribution >= 4 is 22.5 Å². The topological polar surface area (TPSA) is 44.6 Å². The molecule has 192 valence electrons. The van der Waals surface area contributed by atoms with Crippen LogP contribution in [0, 0.1) is 6.92 Å². The van der Waals surface area contributed by atoms with Crippen molar-refractivity contribution in [3.8, 4) is 5.69 Å². The van der Waals surface area contributed by atoms with Crippen LogP contribution in [0.15, 0.2) is 72.8 Å². The summed E-state index contributed by atoms with van der Waals surface area (Å²) in [5.74, 6) is 1.19. The number of likely N-dealkylation sites (N-methyl/N-ethyl adjacent to an activating group) is 1. The lowest BCUT2D eigenvalue weighted by molar-refractivity contribution is 0.0743. The number of aromatic nitrogens is 2. The van der Waals surface area contributed by atoms with Crippen molar-refractivity contribution < 1.29 is 4.79 Å². The highest BCUT2D eigenvalue weighted by Gasteiger charge is 2.27. The molecule has 0 aliphatic carbocycles. The lowest BCUT2D eigenvalue weighted by Gasteiger charge is -2.36. The van der Waals surface area contributed by atoms with E-state index in [4.69, 9.17) is 5.10 Å². The summed E-state index contributed by atoms with van der Waals surface area (Å²) < 4.78 is 2.08. The number of anilines is 1. The number of hydrogen-bond acceptors (Lipinski definition) is 4. The maximum atomic E-state index is 13.8. The maximum absolute atomic E-state index is 13.8. The number of piperazine rings is 1. The molecule has 6 heteroatoms. The average molecular weight is 496 g/mol. The van der Waals surface area contributed by atoms with E-state index in [-0.39, 0.29) is 5.91 Å². The Kier molecular flexibility index (Phi) is 7.56. The van der Waals surface area contributed by atoms with Gasteiger partial charge in [-0.05, 0) is 54.9 Å². The molecule has 0 spiro atoms. The molecule has 5 rings (SSSR count). The SMILES string of the molecule is CCCN(Cc1c(C)nn(-c2ccccc2)c1N1CCN(CC)CC1)C(=O)c1ccc2ccccc2c1. The number of carbonyl (C=O) groups is 1. The van der Waals surface area contributed by atoms with Crippen LogP contribution in [0.4, 0.5) is 5.82 Å². The molecule has 1 aliphatic heterocycles. The largest absolute Gasteiger partial charge is 0.354 e.